The number of hydrogen-bond donors (Lipinski definition) is 1. The molecule has 0 spiro atoms. The Balaban J connectivity index is 2.60. The van der Waals surface area contributed by atoms with Crippen molar-refractivity contribution in [3.8, 4) is 11.5 Å². The second-order valence-corrected chi connectivity index (χ2v) is 6.48. The molecule has 0 aliphatic carbocycles. The fraction of sp³-hybridized carbons (Fsp3) is 0.625. The molecule has 3 heteroatoms. The molecule has 0 saturated carbocycles. The summed E-state index contributed by atoms with van der Waals surface area (Å²) in [5.41, 5.74) is 4.11. The number of phenols is 1. The van der Waals surface area contributed by atoms with Gasteiger partial charge in [-0.15, -0.1) is 0 Å². The van der Waals surface area contributed by atoms with Crippen LogP contribution in [0.3, 0.4) is 0 Å². The normalized spacial score (nSPS) is 17.2. The molecule has 1 aromatic rings. The van der Waals surface area contributed by atoms with Gasteiger partial charge in [0.25, 0.3) is 0 Å². The molecule has 1 heterocycles. The first-order valence-electron chi connectivity index (χ1n) is 6.90. The van der Waals surface area contributed by atoms with Crippen LogP contribution in [-0.2, 0) is 13.0 Å². The summed E-state index contributed by atoms with van der Waals surface area (Å²) in [4.78, 5) is 2.09. The van der Waals surface area contributed by atoms with Crippen molar-refractivity contribution in [2.24, 2.45) is 0 Å². The largest absolute Gasteiger partial charge is 0.507 e. The molecular weight excluding hydrogens is 238 g/mol. The van der Waals surface area contributed by atoms with Crippen molar-refractivity contribution in [2.75, 3.05) is 14.1 Å². The third kappa shape index (κ3) is 2.57. The number of aromatic hydroxyl groups is 1. The lowest BCUT2D eigenvalue weighted by Gasteiger charge is -2.36. The van der Waals surface area contributed by atoms with Gasteiger partial charge in [0.05, 0.1) is 0 Å². The predicted molar refractivity (Wildman–Crippen MR) is 78.0 cm³/mol. The fourth-order valence-electron chi connectivity index (χ4n) is 2.72. The third-order valence-corrected chi connectivity index (χ3v) is 4.01. The maximum atomic E-state index is 10.4. The van der Waals surface area contributed by atoms with E-state index < -0.39 is 0 Å². The minimum atomic E-state index is -0.115. The standard InChI is InChI=1S/C16H25NO2/c1-10-11(2)15-12(7-8-16(3,4)19-15)13(14(10)18)9-17(5)6/h18H,7-9H2,1-6H3. The highest BCUT2D eigenvalue weighted by molar-refractivity contribution is 5.58. The van der Waals surface area contributed by atoms with Crippen molar-refractivity contribution >= 4 is 0 Å². The fourth-order valence-corrected chi connectivity index (χ4v) is 2.72. The minimum Gasteiger partial charge on any atom is -0.507 e. The second-order valence-electron chi connectivity index (χ2n) is 6.48. The first kappa shape index (κ1) is 14.2. The molecule has 0 radical (unpaired) electrons. The smallest absolute Gasteiger partial charge is 0.127 e. The Labute approximate surface area is 116 Å². The molecule has 0 atom stereocenters. The lowest BCUT2D eigenvalue weighted by Crippen LogP contribution is -2.34. The molecule has 1 aliphatic heterocycles. The summed E-state index contributed by atoms with van der Waals surface area (Å²) in [6.07, 6.45) is 1.96. The number of hydrogen-bond acceptors (Lipinski definition) is 3. The summed E-state index contributed by atoms with van der Waals surface area (Å²) in [6, 6.07) is 0. The van der Waals surface area contributed by atoms with Crippen molar-refractivity contribution in [1.82, 2.24) is 4.90 Å². The molecule has 19 heavy (non-hydrogen) atoms. The van der Waals surface area contributed by atoms with Gasteiger partial charge in [0.1, 0.15) is 17.1 Å². The van der Waals surface area contributed by atoms with Gasteiger partial charge in [-0.1, -0.05) is 0 Å². The van der Waals surface area contributed by atoms with Crippen LogP contribution in [0.5, 0.6) is 11.5 Å². The summed E-state index contributed by atoms with van der Waals surface area (Å²) in [5, 5.41) is 10.4. The molecule has 1 N–H and O–H groups in total. The van der Waals surface area contributed by atoms with Gasteiger partial charge in [-0.05, 0) is 65.8 Å². The second kappa shape index (κ2) is 4.71. The van der Waals surface area contributed by atoms with Crippen LogP contribution in [0, 0.1) is 13.8 Å². The maximum absolute atomic E-state index is 10.4. The number of benzene rings is 1. The van der Waals surface area contributed by atoms with E-state index in [1.165, 1.54) is 5.56 Å². The average molecular weight is 263 g/mol. The van der Waals surface area contributed by atoms with Gasteiger partial charge in [-0.3, -0.25) is 0 Å². The van der Waals surface area contributed by atoms with Crippen molar-refractivity contribution in [3.63, 3.8) is 0 Å². The predicted octanol–water partition coefficient (Wildman–Crippen LogP) is 3.17. The van der Waals surface area contributed by atoms with E-state index in [9.17, 15) is 5.11 Å². The monoisotopic (exact) mass is 263 g/mol. The molecule has 0 bridgehead atoms. The number of phenolic OH excluding ortho intramolecular Hbond substituents is 1. The van der Waals surface area contributed by atoms with Gasteiger partial charge in [0.15, 0.2) is 0 Å². The van der Waals surface area contributed by atoms with Crippen LogP contribution in [0.15, 0.2) is 0 Å². The van der Waals surface area contributed by atoms with Gasteiger partial charge in [0, 0.05) is 17.7 Å². The Hall–Kier alpha value is -1.22. The molecular formula is C16H25NO2. The Morgan fingerprint density at radius 1 is 1.21 bits per heavy atom. The lowest BCUT2D eigenvalue weighted by molar-refractivity contribution is 0.0827. The number of nitrogens with zero attached hydrogens (tertiary/aromatic N) is 1. The van der Waals surface area contributed by atoms with Gasteiger partial charge in [-0.25, -0.2) is 0 Å². The lowest BCUT2D eigenvalue weighted by atomic mass is 9.87. The number of rotatable bonds is 2. The van der Waals surface area contributed by atoms with Gasteiger partial charge >= 0.3 is 0 Å². The highest BCUT2D eigenvalue weighted by atomic mass is 16.5. The zero-order chi connectivity index (χ0) is 14.4. The zero-order valence-corrected chi connectivity index (χ0v) is 12.9. The maximum Gasteiger partial charge on any atom is 0.127 e. The van der Waals surface area contributed by atoms with E-state index in [1.807, 2.05) is 27.9 Å². The summed E-state index contributed by atoms with van der Waals surface area (Å²) < 4.78 is 6.18. The van der Waals surface area contributed by atoms with Crippen LogP contribution in [0.2, 0.25) is 0 Å². The molecule has 0 saturated heterocycles. The van der Waals surface area contributed by atoms with Gasteiger partial charge in [-0.2, -0.15) is 0 Å². The quantitative estimate of drug-likeness (QED) is 0.889. The van der Waals surface area contributed by atoms with E-state index in [2.05, 4.69) is 18.7 Å². The van der Waals surface area contributed by atoms with E-state index in [0.29, 0.717) is 5.75 Å². The first-order chi connectivity index (χ1) is 8.73. The zero-order valence-electron chi connectivity index (χ0n) is 12.9. The Kier molecular flexibility index (Phi) is 3.52. The topological polar surface area (TPSA) is 32.7 Å². The van der Waals surface area contributed by atoms with Crippen LogP contribution in [-0.4, -0.2) is 29.7 Å². The highest BCUT2D eigenvalue weighted by Crippen LogP contribution is 2.43. The third-order valence-electron chi connectivity index (χ3n) is 4.01. The van der Waals surface area contributed by atoms with Crippen LogP contribution in [0.4, 0.5) is 0 Å². The van der Waals surface area contributed by atoms with Crippen LogP contribution >= 0.6 is 0 Å². The van der Waals surface area contributed by atoms with Crippen molar-refractivity contribution in [3.05, 3.63) is 22.3 Å². The van der Waals surface area contributed by atoms with Crippen LogP contribution < -0.4 is 4.74 Å². The molecule has 0 unspecified atom stereocenters. The number of fused-ring (bicyclic) bond motifs is 1. The van der Waals surface area contributed by atoms with E-state index in [4.69, 9.17) is 4.74 Å². The molecule has 106 valence electrons. The summed E-state index contributed by atoms with van der Waals surface area (Å²) in [5.74, 6) is 1.43. The highest BCUT2D eigenvalue weighted by Gasteiger charge is 2.31. The molecule has 0 amide bonds. The summed E-state index contributed by atoms with van der Waals surface area (Å²) >= 11 is 0. The van der Waals surface area contributed by atoms with E-state index >= 15 is 0 Å². The van der Waals surface area contributed by atoms with Crippen LogP contribution in [0.25, 0.3) is 0 Å². The average Bonchev–Trinajstić information content (AvgIpc) is 2.31. The van der Waals surface area contributed by atoms with E-state index in [0.717, 1.165) is 41.8 Å². The molecule has 0 fully saturated rings. The Morgan fingerprint density at radius 3 is 2.42 bits per heavy atom. The van der Waals surface area contributed by atoms with Crippen molar-refractivity contribution in [2.45, 2.75) is 52.7 Å². The number of ether oxygens (including phenoxy) is 1. The molecule has 1 aliphatic rings. The summed E-state index contributed by atoms with van der Waals surface area (Å²) in [7, 11) is 4.04. The molecule has 1 aromatic carbocycles. The first-order valence-corrected chi connectivity index (χ1v) is 6.90. The van der Waals surface area contributed by atoms with Gasteiger partial charge in [0.2, 0.25) is 0 Å². The Bertz CT molecular complexity index is 481. The molecule has 0 aromatic heterocycles. The molecule has 2 rings (SSSR count). The molecule has 3 nitrogen and oxygen atoms in total. The van der Waals surface area contributed by atoms with E-state index in [1.54, 1.807) is 0 Å². The van der Waals surface area contributed by atoms with Crippen molar-refractivity contribution < 1.29 is 9.84 Å². The SMILES string of the molecule is Cc1c(C)c2c(c(CN(C)C)c1O)CCC(C)(C)O2. The van der Waals surface area contributed by atoms with E-state index in [-0.39, 0.29) is 5.60 Å². The minimum absolute atomic E-state index is 0.115. The van der Waals surface area contributed by atoms with Gasteiger partial charge < -0.3 is 14.7 Å². The van der Waals surface area contributed by atoms with Crippen LogP contribution in [0.1, 0.15) is 42.5 Å². The van der Waals surface area contributed by atoms with Crippen molar-refractivity contribution in [1.29, 1.82) is 0 Å². The Morgan fingerprint density at radius 2 is 1.84 bits per heavy atom. The summed E-state index contributed by atoms with van der Waals surface area (Å²) in [6.45, 7) is 9.01.